The van der Waals surface area contributed by atoms with Crippen molar-refractivity contribution < 1.29 is 14.0 Å². The number of aromatic nitrogens is 8. The van der Waals surface area contributed by atoms with E-state index in [1.807, 2.05) is 4.90 Å². The summed E-state index contributed by atoms with van der Waals surface area (Å²) in [4.78, 5) is 42.7. The first kappa shape index (κ1) is 24.1. The molecule has 13 heteroatoms. The Labute approximate surface area is 226 Å². The zero-order valence-corrected chi connectivity index (χ0v) is 21.5. The van der Waals surface area contributed by atoms with E-state index in [0.29, 0.717) is 52.3 Å². The van der Waals surface area contributed by atoms with Gasteiger partial charge in [0.15, 0.2) is 11.4 Å². The van der Waals surface area contributed by atoms with Crippen LogP contribution >= 0.6 is 0 Å². The number of piperidine rings is 1. The van der Waals surface area contributed by atoms with Crippen molar-refractivity contribution in [2.24, 2.45) is 0 Å². The van der Waals surface area contributed by atoms with Crippen LogP contribution in [-0.2, 0) is 0 Å². The highest BCUT2D eigenvalue weighted by molar-refractivity contribution is 6.00. The second-order valence-corrected chi connectivity index (χ2v) is 10.3. The Morgan fingerprint density at radius 3 is 2.58 bits per heavy atom. The topological polar surface area (TPSA) is 164 Å². The van der Waals surface area contributed by atoms with Crippen molar-refractivity contribution in [1.82, 2.24) is 44.6 Å². The Hall–Kier alpha value is -4.94. The average molecular weight is 541 g/mol. The third-order valence-electron chi connectivity index (χ3n) is 8.07. The van der Waals surface area contributed by atoms with Crippen LogP contribution in [0.25, 0.3) is 28.2 Å². The van der Waals surface area contributed by atoms with Crippen molar-refractivity contribution in [3.05, 3.63) is 66.0 Å². The molecule has 1 aromatic carbocycles. The summed E-state index contributed by atoms with van der Waals surface area (Å²) in [6.45, 7) is 1.47. The van der Waals surface area contributed by atoms with Crippen LogP contribution in [0.4, 0.5) is 10.2 Å². The molecule has 4 aromatic heterocycles. The summed E-state index contributed by atoms with van der Waals surface area (Å²) in [6.07, 6.45) is 9.15. The number of rotatable bonds is 5. The van der Waals surface area contributed by atoms with E-state index in [-0.39, 0.29) is 41.3 Å². The molecule has 2 saturated heterocycles. The second kappa shape index (κ2) is 9.07. The van der Waals surface area contributed by atoms with E-state index < -0.39 is 5.82 Å². The number of nitrogens with zero attached hydrogens (tertiary/aromatic N) is 7. The van der Waals surface area contributed by atoms with Crippen molar-refractivity contribution >= 4 is 23.2 Å². The van der Waals surface area contributed by atoms with Crippen LogP contribution in [0.1, 0.15) is 65.2 Å². The molecule has 0 unspecified atom stereocenters. The standard InChI is InChI=1S/C27H25FN10O2/c1-13(39)21-22(15-8-16-3-4-17(9-15)37(16)27(40)25-32-12-33-36-25)35-26-19(11-34-38(26)23(21)29)14-2-5-18(20(28)10-14)24-30-6-7-31-24/h2,5-7,10-12,15-17H,3-4,8-9,29H2,1H3,(H,30,31)(H,32,33,36)/t15-,16-,17+. The number of nitrogen functional groups attached to an aromatic ring is 1. The van der Waals surface area contributed by atoms with E-state index in [9.17, 15) is 9.59 Å². The van der Waals surface area contributed by atoms with Gasteiger partial charge in [-0.3, -0.25) is 9.59 Å². The number of carbonyl (C=O) groups is 2. The van der Waals surface area contributed by atoms with Gasteiger partial charge in [-0.05, 0) is 50.3 Å². The van der Waals surface area contributed by atoms with Crippen molar-refractivity contribution in [2.45, 2.75) is 50.6 Å². The molecule has 0 saturated carbocycles. The SMILES string of the molecule is CC(=O)c1c([C@@H]2C[C@H]3CC[C@@H](C2)N3C(=O)c2nnc[nH]2)nc2c(-c3ccc(-c4ncc[nH]4)c(F)c3)cnn2c1N. The van der Waals surface area contributed by atoms with Gasteiger partial charge in [0.05, 0.1) is 23.0 Å². The summed E-state index contributed by atoms with van der Waals surface area (Å²) in [5.41, 5.74) is 9.41. The van der Waals surface area contributed by atoms with Crippen molar-refractivity contribution in [1.29, 1.82) is 0 Å². The first-order valence-electron chi connectivity index (χ1n) is 13.1. The number of ketones is 1. The summed E-state index contributed by atoms with van der Waals surface area (Å²) in [6, 6.07) is 4.81. The Balaban J connectivity index is 1.28. The molecule has 2 aliphatic rings. The molecular weight excluding hydrogens is 515 g/mol. The molecule has 2 bridgehead atoms. The molecule has 3 atom stereocenters. The molecule has 202 valence electrons. The molecule has 5 aromatic rings. The maximum atomic E-state index is 15.1. The predicted molar refractivity (Wildman–Crippen MR) is 142 cm³/mol. The number of imidazole rings is 1. The molecule has 2 fully saturated rings. The fraction of sp³-hybridized carbons (Fsp3) is 0.296. The Morgan fingerprint density at radius 1 is 1.12 bits per heavy atom. The molecule has 6 heterocycles. The third kappa shape index (κ3) is 3.68. The van der Waals surface area contributed by atoms with Crippen LogP contribution < -0.4 is 5.73 Å². The number of hydrogen-bond donors (Lipinski definition) is 3. The summed E-state index contributed by atoms with van der Waals surface area (Å²) < 4.78 is 16.5. The van der Waals surface area contributed by atoms with Crippen molar-refractivity contribution in [2.75, 3.05) is 5.73 Å². The zero-order chi connectivity index (χ0) is 27.5. The van der Waals surface area contributed by atoms with Crippen LogP contribution in [0.15, 0.2) is 43.1 Å². The first-order chi connectivity index (χ1) is 19.4. The highest BCUT2D eigenvalue weighted by Gasteiger charge is 2.45. The Morgan fingerprint density at radius 2 is 1.93 bits per heavy atom. The highest BCUT2D eigenvalue weighted by atomic mass is 19.1. The summed E-state index contributed by atoms with van der Waals surface area (Å²) in [5, 5.41) is 12.0. The van der Waals surface area contributed by atoms with E-state index in [0.717, 1.165) is 12.8 Å². The predicted octanol–water partition coefficient (Wildman–Crippen LogP) is 3.38. The summed E-state index contributed by atoms with van der Waals surface area (Å²) >= 11 is 0. The third-order valence-corrected chi connectivity index (χ3v) is 8.07. The minimum atomic E-state index is -0.444. The van der Waals surface area contributed by atoms with Crippen LogP contribution in [0.5, 0.6) is 0 Å². The first-order valence-corrected chi connectivity index (χ1v) is 13.1. The van der Waals surface area contributed by atoms with Crippen molar-refractivity contribution in [3.8, 4) is 22.5 Å². The van der Waals surface area contributed by atoms with E-state index in [1.165, 1.54) is 23.8 Å². The van der Waals surface area contributed by atoms with Gasteiger partial charge in [-0.15, -0.1) is 10.2 Å². The van der Waals surface area contributed by atoms with E-state index in [2.05, 4.69) is 30.2 Å². The number of H-pyrrole nitrogens is 2. The molecular formula is C27H25FN10O2. The molecule has 1 amide bonds. The number of hydrogen-bond acceptors (Lipinski definition) is 8. The number of fused-ring (bicyclic) bond motifs is 3. The molecule has 40 heavy (non-hydrogen) atoms. The van der Waals surface area contributed by atoms with E-state index in [4.69, 9.17) is 10.7 Å². The molecule has 2 aliphatic heterocycles. The quantitative estimate of drug-likeness (QED) is 0.286. The molecule has 7 rings (SSSR count). The van der Waals surface area contributed by atoms with Crippen LogP contribution in [0.2, 0.25) is 0 Å². The fourth-order valence-corrected chi connectivity index (χ4v) is 6.34. The minimum absolute atomic E-state index is 0.0203. The number of nitrogens with one attached hydrogen (secondary N) is 2. The number of anilines is 1. The maximum absolute atomic E-state index is 15.1. The summed E-state index contributed by atoms with van der Waals surface area (Å²) in [5.74, 6) is -0.0697. The zero-order valence-electron chi connectivity index (χ0n) is 21.5. The second-order valence-electron chi connectivity index (χ2n) is 10.3. The van der Waals surface area contributed by atoms with E-state index >= 15 is 4.39 Å². The lowest BCUT2D eigenvalue weighted by atomic mass is 9.85. The van der Waals surface area contributed by atoms with Gasteiger partial charge < -0.3 is 20.6 Å². The smallest absolute Gasteiger partial charge is 0.292 e. The number of benzene rings is 1. The number of aromatic amines is 2. The van der Waals surface area contributed by atoms with E-state index in [1.54, 1.807) is 30.7 Å². The van der Waals surface area contributed by atoms with Gasteiger partial charge in [0, 0.05) is 36.0 Å². The number of amides is 1. The number of halogens is 1. The normalized spacial score (nSPS) is 20.4. The van der Waals surface area contributed by atoms with Crippen LogP contribution in [0.3, 0.4) is 0 Å². The van der Waals surface area contributed by atoms with Crippen LogP contribution in [0, 0.1) is 5.82 Å². The minimum Gasteiger partial charge on any atom is -0.383 e. The Kier molecular flexibility index (Phi) is 5.47. The molecule has 4 N–H and O–H groups in total. The lowest BCUT2D eigenvalue weighted by Crippen LogP contribution is -2.46. The van der Waals surface area contributed by atoms with Gasteiger partial charge >= 0.3 is 0 Å². The molecule has 0 radical (unpaired) electrons. The Bertz CT molecular complexity index is 1750. The van der Waals surface area contributed by atoms with Crippen LogP contribution in [-0.4, -0.2) is 68.4 Å². The largest absolute Gasteiger partial charge is 0.383 e. The lowest BCUT2D eigenvalue weighted by molar-refractivity contribution is 0.0556. The summed E-state index contributed by atoms with van der Waals surface area (Å²) in [7, 11) is 0. The number of nitrogens with two attached hydrogens (primary N) is 1. The van der Waals surface area contributed by atoms with Gasteiger partial charge in [0.2, 0.25) is 5.82 Å². The average Bonchev–Trinajstić information content (AvgIpc) is 3.75. The molecule has 0 aliphatic carbocycles. The van der Waals surface area contributed by atoms with Gasteiger partial charge in [0.25, 0.3) is 5.91 Å². The fourth-order valence-electron chi connectivity index (χ4n) is 6.34. The van der Waals surface area contributed by atoms with Gasteiger partial charge in [-0.2, -0.15) is 9.61 Å². The highest BCUT2D eigenvalue weighted by Crippen LogP contribution is 2.45. The molecule has 0 spiro atoms. The lowest BCUT2D eigenvalue weighted by Gasteiger charge is -2.38. The number of Topliss-reactive ketones (excluding diaryl/α,β-unsaturated/α-hetero) is 1. The van der Waals surface area contributed by atoms with Crippen molar-refractivity contribution in [3.63, 3.8) is 0 Å². The van der Waals surface area contributed by atoms with Gasteiger partial charge in [0.1, 0.15) is 23.8 Å². The molecule has 12 nitrogen and oxygen atoms in total. The maximum Gasteiger partial charge on any atom is 0.292 e. The van der Waals surface area contributed by atoms with Gasteiger partial charge in [-0.1, -0.05) is 6.07 Å². The monoisotopic (exact) mass is 540 g/mol. The van der Waals surface area contributed by atoms with Gasteiger partial charge in [-0.25, -0.2) is 14.4 Å². The number of carbonyl (C=O) groups excluding carboxylic acids is 2.